The van der Waals surface area contributed by atoms with E-state index in [0.717, 1.165) is 11.9 Å². The van der Waals surface area contributed by atoms with Crippen molar-refractivity contribution in [3.8, 4) is 0 Å². The van der Waals surface area contributed by atoms with Crippen molar-refractivity contribution in [3.05, 3.63) is 52.1 Å². The first-order valence-corrected chi connectivity index (χ1v) is 7.00. The average molecular weight is 323 g/mol. The van der Waals surface area contributed by atoms with E-state index < -0.39 is 11.7 Å². The number of carbonyl (C=O) groups excluding carboxylic acids is 1. The molecule has 2 aromatic rings. The maximum Gasteiger partial charge on any atom is 0.291 e. The molecule has 0 aliphatic rings. The smallest absolute Gasteiger partial charge is 0.281 e. The van der Waals surface area contributed by atoms with Crippen molar-refractivity contribution in [3.63, 3.8) is 0 Å². The third-order valence-corrected chi connectivity index (χ3v) is 3.31. The number of rotatable bonds is 3. The molecule has 0 spiro atoms. The van der Waals surface area contributed by atoms with E-state index in [9.17, 15) is 9.18 Å². The Labute approximate surface area is 132 Å². The van der Waals surface area contributed by atoms with Crippen molar-refractivity contribution in [1.29, 1.82) is 0 Å². The second-order valence-electron chi connectivity index (χ2n) is 5.75. The topological polar surface area (TPSA) is 70.1 Å². The van der Waals surface area contributed by atoms with E-state index in [1.807, 2.05) is 20.8 Å². The summed E-state index contributed by atoms with van der Waals surface area (Å²) in [4.78, 5) is 11.9. The van der Waals surface area contributed by atoms with Crippen LogP contribution in [0.1, 0.15) is 42.5 Å². The minimum atomic E-state index is -0.514. The van der Waals surface area contributed by atoms with Gasteiger partial charge in [-0.05, 0) is 18.2 Å². The Morgan fingerprint density at radius 2 is 2.18 bits per heavy atom. The zero-order valence-electron chi connectivity index (χ0n) is 12.4. The van der Waals surface area contributed by atoms with Crippen LogP contribution in [0.4, 0.5) is 4.39 Å². The molecule has 2 rings (SSSR count). The van der Waals surface area contributed by atoms with Gasteiger partial charge in [-0.2, -0.15) is 10.2 Å². The summed E-state index contributed by atoms with van der Waals surface area (Å²) in [5.41, 5.74) is 3.30. The molecule has 0 aliphatic carbocycles. The van der Waals surface area contributed by atoms with Crippen molar-refractivity contribution >= 4 is 23.7 Å². The summed E-state index contributed by atoms with van der Waals surface area (Å²) < 4.78 is 13.5. The van der Waals surface area contributed by atoms with Crippen molar-refractivity contribution in [2.75, 3.05) is 0 Å². The van der Waals surface area contributed by atoms with E-state index in [4.69, 9.17) is 11.6 Å². The zero-order valence-corrected chi connectivity index (χ0v) is 13.2. The molecule has 0 unspecified atom stereocenters. The van der Waals surface area contributed by atoms with Crippen LogP contribution in [-0.4, -0.2) is 22.3 Å². The van der Waals surface area contributed by atoms with Crippen molar-refractivity contribution in [2.24, 2.45) is 5.10 Å². The number of H-pyrrole nitrogens is 1. The summed E-state index contributed by atoms with van der Waals surface area (Å²) in [7, 11) is 0. The standard InChI is InChI=1S/C15H16ClFN4O/c1-15(2,3)13-7-12(19-20-13)14(22)21-18-8-9-10(16)5-4-6-11(9)17/h4-8H,1-3H3,(H,19,20)(H,21,22). The number of aromatic nitrogens is 2. The van der Waals surface area contributed by atoms with Crippen LogP contribution in [0.5, 0.6) is 0 Å². The lowest BCUT2D eigenvalue weighted by Gasteiger charge is -2.14. The van der Waals surface area contributed by atoms with Crippen LogP contribution >= 0.6 is 11.6 Å². The van der Waals surface area contributed by atoms with Crippen LogP contribution < -0.4 is 5.43 Å². The minimum Gasteiger partial charge on any atom is -0.281 e. The van der Waals surface area contributed by atoms with E-state index in [1.165, 1.54) is 18.2 Å². The van der Waals surface area contributed by atoms with Gasteiger partial charge in [0.05, 0.1) is 11.2 Å². The van der Waals surface area contributed by atoms with Crippen LogP contribution in [0.25, 0.3) is 0 Å². The van der Waals surface area contributed by atoms with Gasteiger partial charge in [0, 0.05) is 16.7 Å². The normalized spacial score (nSPS) is 11.9. The second-order valence-corrected chi connectivity index (χ2v) is 6.16. The Morgan fingerprint density at radius 1 is 1.45 bits per heavy atom. The molecule has 0 radical (unpaired) electrons. The molecule has 22 heavy (non-hydrogen) atoms. The van der Waals surface area contributed by atoms with Crippen LogP contribution in [0, 0.1) is 5.82 Å². The Balaban J connectivity index is 2.07. The van der Waals surface area contributed by atoms with E-state index in [-0.39, 0.29) is 21.7 Å². The van der Waals surface area contributed by atoms with Gasteiger partial charge in [0.2, 0.25) is 0 Å². The summed E-state index contributed by atoms with van der Waals surface area (Å²) in [6, 6.07) is 5.95. The SMILES string of the molecule is CC(C)(C)c1cc(C(=O)NN=Cc2c(F)cccc2Cl)n[nH]1. The molecule has 0 saturated heterocycles. The third kappa shape index (κ3) is 3.71. The minimum absolute atomic E-state index is 0.113. The molecule has 1 heterocycles. The van der Waals surface area contributed by atoms with Crippen LogP contribution in [0.15, 0.2) is 29.4 Å². The van der Waals surface area contributed by atoms with Gasteiger partial charge in [0.15, 0.2) is 5.69 Å². The Kier molecular flexibility index (Phi) is 4.61. The van der Waals surface area contributed by atoms with Gasteiger partial charge in [-0.15, -0.1) is 0 Å². The van der Waals surface area contributed by atoms with Crippen molar-refractivity contribution in [1.82, 2.24) is 15.6 Å². The summed E-state index contributed by atoms with van der Waals surface area (Å²) in [6.45, 7) is 6.00. The molecule has 2 N–H and O–H groups in total. The van der Waals surface area contributed by atoms with Crippen molar-refractivity contribution < 1.29 is 9.18 Å². The van der Waals surface area contributed by atoms with E-state index >= 15 is 0 Å². The number of benzene rings is 1. The lowest BCUT2D eigenvalue weighted by atomic mass is 9.92. The molecular weight excluding hydrogens is 307 g/mol. The molecule has 5 nitrogen and oxygen atoms in total. The first-order valence-electron chi connectivity index (χ1n) is 6.62. The Hall–Kier alpha value is -2.21. The van der Waals surface area contributed by atoms with Gasteiger partial charge < -0.3 is 0 Å². The highest BCUT2D eigenvalue weighted by Crippen LogP contribution is 2.20. The molecule has 0 fully saturated rings. The molecule has 1 aromatic carbocycles. The number of halogens is 2. The maximum atomic E-state index is 13.5. The molecular formula is C15H16ClFN4O. The fraction of sp³-hybridized carbons (Fsp3) is 0.267. The van der Waals surface area contributed by atoms with Gasteiger partial charge >= 0.3 is 0 Å². The maximum absolute atomic E-state index is 13.5. The van der Waals surface area contributed by atoms with Crippen LogP contribution in [-0.2, 0) is 5.41 Å². The lowest BCUT2D eigenvalue weighted by molar-refractivity contribution is 0.0950. The summed E-state index contributed by atoms with van der Waals surface area (Å²) in [6.07, 6.45) is 1.16. The van der Waals surface area contributed by atoms with Crippen LogP contribution in [0.2, 0.25) is 5.02 Å². The molecule has 0 saturated carbocycles. The van der Waals surface area contributed by atoms with Gasteiger partial charge in [0.1, 0.15) is 5.82 Å². The highest BCUT2D eigenvalue weighted by Gasteiger charge is 2.19. The monoisotopic (exact) mass is 322 g/mol. The van der Waals surface area contributed by atoms with E-state index in [2.05, 4.69) is 20.7 Å². The third-order valence-electron chi connectivity index (χ3n) is 2.98. The Bertz CT molecular complexity index is 698. The lowest BCUT2D eigenvalue weighted by Crippen LogP contribution is -2.18. The average Bonchev–Trinajstić information content (AvgIpc) is 2.91. The molecule has 116 valence electrons. The number of hydrazone groups is 1. The first kappa shape index (κ1) is 16.2. The number of hydrogen-bond acceptors (Lipinski definition) is 3. The van der Waals surface area contributed by atoms with Gasteiger partial charge in [-0.25, -0.2) is 9.82 Å². The quantitative estimate of drug-likeness (QED) is 0.672. The molecule has 1 aromatic heterocycles. The number of aromatic amines is 1. The molecule has 0 atom stereocenters. The van der Waals surface area contributed by atoms with Gasteiger partial charge in [-0.3, -0.25) is 9.89 Å². The fourth-order valence-corrected chi connectivity index (χ4v) is 1.88. The van der Waals surface area contributed by atoms with Crippen LogP contribution in [0.3, 0.4) is 0 Å². The summed E-state index contributed by atoms with van der Waals surface area (Å²) in [5.74, 6) is -1.00. The number of nitrogens with one attached hydrogen (secondary N) is 2. The largest absolute Gasteiger partial charge is 0.291 e. The molecule has 1 amide bonds. The first-order chi connectivity index (χ1) is 10.3. The highest BCUT2D eigenvalue weighted by atomic mass is 35.5. The summed E-state index contributed by atoms with van der Waals surface area (Å²) >= 11 is 5.85. The van der Waals surface area contributed by atoms with E-state index in [0.29, 0.717) is 0 Å². The van der Waals surface area contributed by atoms with Gasteiger partial charge in [0.25, 0.3) is 5.91 Å². The predicted molar refractivity (Wildman–Crippen MR) is 83.8 cm³/mol. The molecule has 7 heteroatoms. The number of amides is 1. The zero-order chi connectivity index (χ0) is 16.3. The molecule has 0 aliphatic heterocycles. The fourth-order valence-electron chi connectivity index (χ4n) is 1.67. The van der Waals surface area contributed by atoms with Crippen molar-refractivity contribution in [2.45, 2.75) is 26.2 Å². The second kappa shape index (κ2) is 6.27. The predicted octanol–water partition coefficient (Wildman–Crippen LogP) is 3.26. The van der Waals surface area contributed by atoms with Gasteiger partial charge in [-0.1, -0.05) is 38.4 Å². The number of hydrogen-bond donors (Lipinski definition) is 2. The summed E-state index contributed by atoms with van der Waals surface area (Å²) in [5, 5.41) is 10.7. The number of nitrogens with zero attached hydrogens (tertiary/aromatic N) is 2. The number of carbonyl (C=O) groups is 1. The van der Waals surface area contributed by atoms with E-state index in [1.54, 1.807) is 6.07 Å². The molecule has 0 bridgehead atoms. The highest BCUT2D eigenvalue weighted by molar-refractivity contribution is 6.33. The Morgan fingerprint density at radius 3 is 2.77 bits per heavy atom.